The molecule has 0 saturated carbocycles. The molecule has 1 unspecified atom stereocenters. The Morgan fingerprint density at radius 2 is 0.875 bits per heavy atom. The van der Waals surface area contributed by atoms with E-state index in [0.29, 0.717) is 79.3 Å². The number of hydrogen-bond acceptors (Lipinski definition) is 10. The summed E-state index contributed by atoms with van der Waals surface area (Å²) in [7, 11) is 3.06. The van der Waals surface area contributed by atoms with Crippen LogP contribution in [0.4, 0.5) is 0 Å². The van der Waals surface area contributed by atoms with Gasteiger partial charge in [0, 0.05) is 69.7 Å². The van der Waals surface area contributed by atoms with Gasteiger partial charge in [0.05, 0.1) is 25.0 Å². The first-order valence-electron chi connectivity index (χ1n) is 19.0. The highest BCUT2D eigenvalue weighted by atomic mass is 16.5. The Bertz CT molecular complexity index is 2450. The minimum atomic E-state index is -0.209. The number of phenols is 6. The number of phenolic OH excluding ortho intramolecular Hbond substituents is 6. The van der Waals surface area contributed by atoms with Gasteiger partial charge in [0.1, 0.15) is 46.0 Å². The van der Waals surface area contributed by atoms with Crippen LogP contribution in [0.5, 0.6) is 46.0 Å². The number of aromatic hydroxyl groups is 6. The molecule has 10 nitrogen and oxygen atoms in total. The van der Waals surface area contributed by atoms with Gasteiger partial charge in [-0.25, -0.2) is 0 Å². The zero-order valence-electron chi connectivity index (χ0n) is 32.8. The molecule has 0 radical (unpaired) electrons. The molecule has 10 heteroatoms. The van der Waals surface area contributed by atoms with E-state index in [-0.39, 0.29) is 69.8 Å². The maximum atomic E-state index is 12.5. The first-order valence-corrected chi connectivity index (χ1v) is 19.0. The highest BCUT2D eigenvalue weighted by Crippen LogP contribution is 2.56. The lowest BCUT2D eigenvalue weighted by Gasteiger charge is -2.32. The molecular weight excluding hydrogens is 709 g/mol. The second-order valence-electron chi connectivity index (χ2n) is 15.8. The van der Waals surface area contributed by atoms with Crippen LogP contribution in [0.15, 0.2) is 48.5 Å². The molecule has 8 rings (SSSR count). The van der Waals surface area contributed by atoms with Gasteiger partial charge in [-0.2, -0.15) is 0 Å². The summed E-state index contributed by atoms with van der Waals surface area (Å²) < 4.78 is 11.8. The Morgan fingerprint density at radius 3 is 1.23 bits per heavy atom. The number of benzene rings is 6. The van der Waals surface area contributed by atoms with E-state index >= 15 is 0 Å². The van der Waals surface area contributed by atoms with Crippen molar-refractivity contribution in [3.05, 3.63) is 81.9 Å². The fourth-order valence-corrected chi connectivity index (χ4v) is 9.60. The Balaban J connectivity index is 1.55. The average molecular weight is 757 g/mol. The zero-order valence-corrected chi connectivity index (χ0v) is 32.8. The lowest BCUT2D eigenvalue weighted by Crippen LogP contribution is -2.36. The van der Waals surface area contributed by atoms with E-state index in [0.717, 1.165) is 22.3 Å². The number of methoxy groups -OCH3 is 2. The van der Waals surface area contributed by atoms with Crippen molar-refractivity contribution >= 4 is 21.5 Å². The predicted octanol–water partition coefficient (Wildman–Crippen LogP) is 9.05. The monoisotopic (exact) mass is 756 g/mol. The van der Waals surface area contributed by atoms with Crippen molar-refractivity contribution in [2.24, 2.45) is 0 Å². The summed E-state index contributed by atoms with van der Waals surface area (Å²) >= 11 is 0. The summed E-state index contributed by atoms with van der Waals surface area (Å²) in [5.41, 5.74) is 7.27. The third-order valence-electron chi connectivity index (χ3n) is 11.7. The predicted molar refractivity (Wildman–Crippen MR) is 220 cm³/mol. The molecule has 56 heavy (non-hydrogen) atoms. The van der Waals surface area contributed by atoms with E-state index in [2.05, 4.69) is 24.5 Å². The van der Waals surface area contributed by atoms with E-state index in [4.69, 9.17) is 9.47 Å². The summed E-state index contributed by atoms with van der Waals surface area (Å²) in [4.78, 5) is 0. The molecule has 6 aromatic carbocycles. The molecule has 290 valence electrons. The molecule has 8 N–H and O–H groups in total. The number of ether oxygens (including phenoxy) is 2. The van der Waals surface area contributed by atoms with Crippen molar-refractivity contribution in [2.75, 3.05) is 14.2 Å². The van der Waals surface area contributed by atoms with Crippen molar-refractivity contribution in [3.63, 3.8) is 0 Å². The van der Waals surface area contributed by atoms with Crippen LogP contribution in [0.2, 0.25) is 0 Å². The highest BCUT2D eigenvalue weighted by molar-refractivity contribution is 6.13. The quantitative estimate of drug-likeness (QED) is 0.0852. The molecule has 0 fully saturated rings. The highest BCUT2D eigenvalue weighted by Gasteiger charge is 2.33. The molecule has 0 aromatic heterocycles. The third-order valence-corrected chi connectivity index (χ3v) is 11.7. The summed E-state index contributed by atoms with van der Waals surface area (Å²) in [6.07, 6.45) is 1.02. The average Bonchev–Trinajstić information content (AvgIpc) is 3.11. The van der Waals surface area contributed by atoms with Crippen LogP contribution in [0.25, 0.3) is 54.9 Å². The van der Waals surface area contributed by atoms with E-state index in [1.807, 2.05) is 52.0 Å². The SMILES string of the molecule is COc1cc(C)cc2c(-c3c(O)cc(O)c4c3CC(C)N[C@@H]4C)cc(-c3cc(-c4c(O)cc(O)c5c4C[C@@H](C)N[C@@H]5C)c4cc(C)cc(OC)c4c3O)c(O)c12. The summed E-state index contributed by atoms with van der Waals surface area (Å²) in [6.45, 7) is 11.9. The molecule has 6 aromatic rings. The minimum absolute atomic E-state index is 0.0136. The lowest BCUT2D eigenvalue weighted by atomic mass is 9.80. The van der Waals surface area contributed by atoms with Crippen molar-refractivity contribution in [2.45, 2.75) is 78.6 Å². The molecule has 0 amide bonds. The van der Waals surface area contributed by atoms with E-state index in [1.54, 1.807) is 12.1 Å². The second kappa shape index (κ2) is 13.4. The molecule has 2 aliphatic heterocycles. The molecular formula is C46H48N2O8. The largest absolute Gasteiger partial charge is 0.507 e. The smallest absolute Gasteiger partial charge is 0.135 e. The van der Waals surface area contributed by atoms with Gasteiger partial charge in [-0.3, -0.25) is 0 Å². The van der Waals surface area contributed by atoms with Crippen molar-refractivity contribution in [1.29, 1.82) is 0 Å². The van der Waals surface area contributed by atoms with Crippen LogP contribution in [-0.2, 0) is 12.8 Å². The number of hydrogen-bond donors (Lipinski definition) is 8. The number of aryl methyl sites for hydroxylation is 2. The number of fused-ring (bicyclic) bond motifs is 4. The molecule has 0 saturated heterocycles. The first-order chi connectivity index (χ1) is 26.6. The Labute approximate surface area is 325 Å². The Morgan fingerprint density at radius 1 is 0.500 bits per heavy atom. The van der Waals surface area contributed by atoms with Gasteiger partial charge in [-0.15, -0.1) is 0 Å². The van der Waals surface area contributed by atoms with E-state index in [9.17, 15) is 30.6 Å². The van der Waals surface area contributed by atoms with Crippen LogP contribution in [-0.4, -0.2) is 56.9 Å². The van der Waals surface area contributed by atoms with Gasteiger partial charge >= 0.3 is 0 Å². The van der Waals surface area contributed by atoms with Crippen LogP contribution in [0, 0.1) is 13.8 Å². The maximum Gasteiger partial charge on any atom is 0.135 e. The topological polar surface area (TPSA) is 164 Å². The lowest BCUT2D eigenvalue weighted by molar-refractivity contribution is 0.401. The third kappa shape index (κ3) is 5.61. The van der Waals surface area contributed by atoms with E-state index < -0.39 is 0 Å². The fraction of sp³-hybridized carbons (Fsp3) is 0.304. The van der Waals surface area contributed by atoms with Gasteiger partial charge in [-0.05, 0) is 123 Å². The second-order valence-corrected chi connectivity index (χ2v) is 15.8. The minimum Gasteiger partial charge on any atom is -0.507 e. The van der Waals surface area contributed by atoms with Crippen LogP contribution in [0.3, 0.4) is 0 Å². The van der Waals surface area contributed by atoms with E-state index in [1.165, 1.54) is 26.4 Å². The van der Waals surface area contributed by atoms with Gasteiger partial charge in [-0.1, -0.05) is 12.1 Å². The standard InChI is InChI=1S/C46H48N2O8/c1-19-9-25-27(41-31-13-21(3)47-23(5)39(31)33(49)17-35(41)51)15-29(45(53)43(25)37(11-19)55-7)30-16-28(26-10-20(2)12-38(56-8)44(26)46(30)54)42-32-14-22(4)48-24(6)40(32)34(50)18-36(42)52/h9-12,15-18,21-24,47-54H,13-14H2,1-8H3/t21-,22?,23-,24-/m1/s1. The van der Waals surface area contributed by atoms with Gasteiger partial charge in [0.25, 0.3) is 0 Å². The zero-order chi connectivity index (χ0) is 40.1. The molecule has 2 heterocycles. The van der Waals surface area contributed by atoms with Crippen LogP contribution in [0.1, 0.15) is 73.2 Å². The maximum absolute atomic E-state index is 12.5. The normalized spacial score (nSPS) is 19.2. The van der Waals surface area contributed by atoms with Gasteiger partial charge in [0.2, 0.25) is 0 Å². The van der Waals surface area contributed by atoms with Crippen molar-refractivity contribution < 1.29 is 40.1 Å². The van der Waals surface area contributed by atoms with Crippen LogP contribution < -0.4 is 20.1 Å². The van der Waals surface area contributed by atoms with Crippen LogP contribution >= 0.6 is 0 Å². The number of rotatable bonds is 5. The molecule has 4 atom stereocenters. The summed E-state index contributed by atoms with van der Waals surface area (Å²) in [5.74, 6) is 0.187. The summed E-state index contributed by atoms with van der Waals surface area (Å²) in [6, 6.07) is 13.4. The Hall–Kier alpha value is -5.84. The molecule has 0 bridgehead atoms. The Kier molecular flexibility index (Phi) is 8.89. The van der Waals surface area contributed by atoms with Gasteiger partial charge in [0.15, 0.2) is 0 Å². The number of nitrogens with one attached hydrogen (secondary N) is 2. The fourth-order valence-electron chi connectivity index (χ4n) is 9.60. The molecule has 0 spiro atoms. The molecule has 2 aliphatic rings. The first kappa shape index (κ1) is 37.1. The van der Waals surface area contributed by atoms with Crippen molar-refractivity contribution in [1.82, 2.24) is 10.6 Å². The van der Waals surface area contributed by atoms with Gasteiger partial charge < -0.3 is 50.7 Å². The molecule has 0 aliphatic carbocycles. The summed E-state index contributed by atoms with van der Waals surface area (Å²) in [5, 5.41) is 79.7. The van der Waals surface area contributed by atoms with Crippen molar-refractivity contribution in [3.8, 4) is 79.4 Å².